The molecule has 0 bridgehead atoms. The van der Waals surface area contributed by atoms with Gasteiger partial charge in [0.1, 0.15) is 5.78 Å². The van der Waals surface area contributed by atoms with E-state index in [2.05, 4.69) is 36.7 Å². The highest BCUT2D eigenvalue weighted by atomic mass is 16.1. The lowest BCUT2D eigenvalue weighted by atomic mass is 10.1. The monoisotopic (exact) mass is 268 g/mol. The maximum atomic E-state index is 10.6. The van der Waals surface area contributed by atoms with Crippen molar-refractivity contribution in [3.8, 4) is 23.7 Å². The summed E-state index contributed by atoms with van der Waals surface area (Å²) in [6.45, 7) is 3.78. The Balaban J connectivity index is 3.72. The van der Waals surface area contributed by atoms with Gasteiger partial charge in [0, 0.05) is 6.42 Å². The van der Waals surface area contributed by atoms with Gasteiger partial charge in [-0.3, -0.25) is 4.79 Å². The van der Waals surface area contributed by atoms with Gasteiger partial charge in [-0.25, -0.2) is 0 Å². The molecule has 0 amide bonds. The van der Waals surface area contributed by atoms with Crippen LogP contribution in [0.4, 0.5) is 0 Å². The Bertz CT molecular complexity index is 455. The van der Waals surface area contributed by atoms with Crippen LogP contribution in [0.5, 0.6) is 0 Å². The Morgan fingerprint density at radius 2 is 1.70 bits per heavy atom. The molecule has 0 unspecified atom stereocenters. The van der Waals surface area contributed by atoms with Crippen molar-refractivity contribution >= 4 is 5.78 Å². The van der Waals surface area contributed by atoms with Crippen molar-refractivity contribution in [1.29, 1.82) is 0 Å². The zero-order valence-electron chi connectivity index (χ0n) is 12.6. The molecule has 0 spiro atoms. The molecular formula is C19H24O. The molecule has 0 aliphatic rings. The molecule has 0 radical (unpaired) electrons. The topological polar surface area (TPSA) is 17.1 Å². The van der Waals surface area contributed by atoms with Crippen molar-refractivity contribution in [2.45, 2.75) is 52.4 Å². The standard InChI is InChI=1S/C19H24O/c1-3-4-5-6-7-8-9-10-11-12-13-14-15-16-17-18-19(2)20/h8-11,16-17H,3-7,18H2,1-2H3/b9-8+,11-10+,17-16+. The van der Waals surface area contributed by atoms with Gasteiger partial charge in [-0.2, -0.15) is 0 Å². The van der Waals surface area contributed by atoms with Crippen molar-refractivity contribution in [1.82, 2.24) is 0 Å². The number of Topliss-reactive ketones (excluding diaryl/α,β-unsaturated/α-hetero) is 1. The maximum absolute atomic E-state index is 10.6. The molecule has 0 aromatic carbocycles. The van der Waals surface area contributed by atoms with Gasteiger partial charge < -0.3 is 0 Å². The van der Waals surface area contributed by atoms with Crippen LogP contribution in [-0.4, -0.2) is 5.78 Å². The summed E-state index contributed by atoms with van der Waals surface area (Å²) in [5.74, 6) is 11.2. The summed E-state index contributed by atoms with van der Waals surface area (Å²) < 4.78 is 0. The zero-order valence-corrected chi connectivity index (χ0v) is 12.6. The minimum atomic E-state index is 0.138. The summed E-state index contributed by atoms with van der Waals surface area (Å²) in [7, 11) is 0. The first-order valence-electron chi connectivity index (χ1n) is 7.24. The number of hydrogen-bond donors (Lipinski definition) is 0. The lowest BCUT2D eigenvalue weighted by Gasteiger charge is -1.92. The molecule has 0 rings (SSSR count). The average molecular weight is 268 g/mol. The normalized spacial score (nSPS) is 10.5. The fourth-order valence-corrected chi connectivity index (χ4v) is 1.41. The molecule has 0 fully saturated rings. The lowest BCUT2D eigenvalue weighted by Crippen LogP contribution is -1.83. The first kappa shape index (κ1) is 18.0. The maximum Gasteiger partial charge on any atom is 0.133 e. The third-order valence-electron chi connectivity index (χ3n) is 2.46. The summed E-state index contributed by atoms with van der Waals surface area (Å²) >= 11 is 0. The average Bonchev–Trinajstić information content (AvgIpc) is 2.43. The van der Waals surface area contributed by atoms with E-state index in [1.54, 1.807) is 25.2 Å². The smallest absolute Gasteiger partial charge is 0.133 e. The van der Waals surface area contributed by atoms with E-state index in [0.717, 1.165) is 6.42 Å². The van der Waals surface area contributed by atoms with Crippen molar-refractivity contribution in [3.63, 3.8) is 0 Å². The molecule has 0 aromatic heterocycles. The summed E-state index contributed by atoms with van der Waals surface area (Å²) in [5, 5.41) is 0. The van der Waals surface area contributed by atoms with Gasteiger partial charge in [0.25, 0.3) is 0 Å². The van der Waals surface area contributed by atoms with Crippen LogP contribution in [-0.2, 0) is 4.79 Å². The van der Waals surface area contributed by atoms with Crippen LogP contribution in [0.2, 0.25) is 0 Å². The van der Waals surface area contributed by atoms with E-state index in [1.165, 1.54) is 25.7 Å². The third kappa shape index (κ3) is 16.0. The summed E-state index contributed by atoms with van der Waals surface area (Å²) in [5.41, 5.74) is 0. The second-order valence-electron chi connectivity index (χ2n) is 4.48. The van der Waals surface area contributed by atoms with E-state index >= 15 is 0 Å². The summed E-state index contributed by atoms with van der Waals surface area (Å²) in [6, 6.07) is 0. The largest absolute Gasteiger partial charge is 0.300 e. The fourth-order valence-electron chi connectivity index (χ4n) is 1.41. The zero-order chi connectivity index (χ0) is 14.9. The fraction of sp³-hybridized carbons (Fsp3) is 0.421. The number of rotatable bonds is 8. The van der Waals surface area contributed by atoms with E-state index < -0.39 is 0 Å². The van der Waals surface area contributed by atoms with Crippen LogP contribution >= 0.6 is 0 Å². The first-order valence-corrected chi connectivity index (χ1v) is 7.24. The molecule has 0 heterocycles. The molecule has 0 aromatic rings. The van der Waals surface area contributed by atoms with Crippen molar-refractivity contribution in [2.75, 3.05) is 0 Å². The van der Waals surface area contributed by atoms with E-state index in [0.29, 0.717) is 6.42 Å². The van der Waals surface area contributed by atoms with Gasteiger partial charge in [0.05, 0.1) is 0 Å². The van der Waals surface area contributed by atoms with Gasteiger partial charge in [-0.15, -0.1) is 0 Å². The van der Waals surface area contributed by atoms with Crippen LogP contribution in [0, 0.1) is 23.7 Å². The van der Waals surface area contributed by atoms with Gasteiger partial charge in [-0.05, 0) is 43.8 Å². The quantitative estimate of drug-likeness (QED) is 0.357. The number of carbonyl (C=O) groups is 1. The van der Waals surface area contributed by atoms with Crippen molar-refractivity contribution < 1.29 is 4.79 Å². The second kappa shape index (κ2) is 15.1. The van der Waals surface area contributed by atoms with Gasteiger partial charge in [0.2, 0.25) is 0 Å². The molecule has 20 heavy (non-hydrogen) atoms. The Kier molecular flexibility index (Phi) is 13.6. The van der Waals surface area contributed by atoms with E-state index in [1.807, 2.05) is 12.2 Å². The highest BCUT2D eigenvalue weighted by molar-refractivity contribution is 5.77. The highest BCUT2D eigenvalue weighted by Crippen LogP contribution is 2.02. The molecule has 0 atom stereocenters. The lowest BCUT2D eigenvalue weighted by molar-refractivity contribution is -0.116. The van der Waals surface area contributed by atoms with Crippen LogP contribution in [0.15, 0.2) is 36.5 Å². The number of carbonyl (C=O) groups excluding carboxylic acids is 1. The predicted molar refractivity (Wildman–Crippen MR) is 87.0 cm³/mol. The van der Waals surface area contributed by atoms with Crippen LogP contribution < -0.4 is 0 Å². The van der Waals surface area contributed by atoms with Gasteiger partial charge in [0.15, 0.2) is 0 Å². The number of unbranched alkanes of at least 4 members (excludes halogenated alkanes) is 4. The van der Waals surface area contributed by atoms with E-state index in [-0.39, 0.29) is 5.78 Å². The van der Waals surface area contributed by atoms with E-state index in [4.69, 9.17) is 0 Å². The number of hydrogen-bond acceptors (Lipinski definition) is 1. The molecule has 0 saturated heterocycles. The Hall–Kier alpha value is -1.99. The SMILES string of the molecule is CCCCCC/C=C/C=C/C#CC#C/C=C/CC(C)=O. The molecule has 0 aliphatic carbocycles. The third-order valence-corrected chi connectivity index (χ3v) is 2.46. The Morgan fingerprint density at radius 3 is 2.40 bits per heavy atom. The second-order valence-corrected chi connectivity index (χ2v) is 4.48. The van der Waals surface area contributed by atoms with Crippen LogP contribution in [0.25, 0.3) is 0 Å². The Morgan fingerprint density at radius 1 is 0.950 bits per heavy atom. The minimum Gasteiger partial charge on any atom is -0.300 e. The molecule has 106 valence electrons. The van der Waals surface area contributed by atoms with E-state index in [9.17, 15) is 4.79 Å². The van der Waals surface area contributed by atoms with Gasteiger partial charge in [-0.1, -0.05) is 62.3 Å². The number of ketones is 1. The van der Waals surface area contributed by atoms with Crippen LogP contribution in [0.1, 0.15) is 52.4 Å². The molecule has 1 nitrogen and oxygen atoms in total. The van der Waals surface area contributed by atoms with Crippen molar-refractivity contribution in [2.24, 2.45) is 0 Å². The number of allylic oxidation sites excluding steroid dienone is 6. The molecule has 1 heteroatoms. The Labute approximate surface area is 123 Å². The van der Waals surface area contributed by atoms with Crippen molar-refractivity contribution in [3.05, 3.63) is 36.5 Å². The molecule has 0 aliphatic heterocycles. The molecule has 0 saturated carbocycles. The predicted octanol–water partition coefficient (Wildman–Crippen LogP) is 4.61. The van der Waals surface area contributed by atoms with Gasteiger partial charge >= 0.3 is 0 Å². The first-order chi connectivity index (χ1) is 9.77. The summed E-state index contributed by atoms with van der Waals surface area (Å²) in [6.07, 6.45) is 18.1. The molecule has 0 N–H and O–H groups in total. The van der Waals surface area contributed by atoms with Crippen LogP contribution in [0.3, 0.4) is 0 Å². The molecular weight excluding hydrogens is 244 g/mol. The minimum absolute atomic E-state index is 0.138. The summed E-state index contributed by atoms with van der Waals surface area (Å²) in [4.78, 5) is 10.6. The highest BCUT2D eigenvalue weighted by Gasteiger charge is 1.83.